The zero-order valence-corrected chi connectivity index (χ0v) is 12.1. The Bertz CT molecular complexity index is 748. The Kier molecular flexibility index (Phi) is 3.94. The molecule has 7 heteroatoms. The first-order valence-corrected chi connectivity index (χ1v) is 6.70. The summed E-state index contributed by atoms with van der Waals surface area (Å²) in [7, 11) is 0. The van der Waals surface area contributed by atoms with Crippen molar-refractivity contribution in [1.82, 2.24) is 19.9 Å². The van der Waals surface area contributed by atoms with Gasteiger partial charge in [0, 0.05) is 12.4 Å². The molecule has 104 valence electrons. The highest BCUT2D eigenvalue weighted by Gasteiger charge is 2.11. The summed E-state index contributed by atoms with van der Waals surface area (Å²) in [5, 5.41) is 0.995. The van der Waals surface area contributed by atoms with Crippen LogP contribution >= 0.6 is 23.2 Å². The quantitative estimate of drug-likeness (QED) is 0.729. The fourth-order valence-electron chi connectivity index (χ4n) is 1.64. The van der Waals surface area contributed by atoms with Crippen molar-refractivity contribution in [3.8, 4) is 23.1 Å². The van der Waals surface area contributed by atoms with E-state index in [0.717, 1.165) is 0 Å². The van der Waals surface area contributed by atoms with E-state index >= 15 is 0 Å². The van der Waals surface area contributed by atoms with Gasteiger partial charge < -0.3 is 4.74 Å². The van der Waals surface area contributed by atoms with Gasteiger partial charge in [0.25, 0.3) is 0 Å². The summed E-state index contributed by atoms with van der Waals surface area (Å²) in [6.45, 7) is 0. The number of hydrogen-bond donors (Lipinski definition) is 0. The summed E-state index contributed by atoms with van der Waals surface area (Å²) in [5.41, 5.74) is 1.41. The maximum atomic E-state index is 5.84. The average Bonchev–Trinajstić information content (AvgIpc) is 2.51. The fourth-order valence-corrected chi connectivity index (χ4v) is 1.85. The summed E-state index contributed by atoms with van der Waals surface area (Å²) in [4.78, 5) is 16.4. The fraction of sp³-hybridized carbons (Fsp3) is 0. The monoisotopic (exact) mass is 318 g/mol. The number of hydrogen-bond acceptors (Lipinski definition) is 5. The molecule has 3 rings (SSSR count). The molecule has 21 heavy (non-hydrogen) atoms. The Hall–Kier alpha value is -2.24. The van der Waals surface area contributed by atoms with Crippen LogP contribution in [-0.4, -0.2) is 19.9 Å². The standard InChI is InChI=1S/C14H8Cl2N4O/c15-9-3-4-12(18-6-9)11-2-1-5-17-13(11)21-14-19-7-10(16)8-20-14/h1-8H. The van der Waals surface area contributed by atoms with Gasteiger partial charge >= 0.3 is 6.01 Å². The van der Waals surface area contributed by atoms with Crippen molar-refractivity contribution >= 4 is 23.2 Å². The van der Waals surface area contributed by atoms with E-state index in [9.17, 15) is 0 Å². The van der Waals surface area contributed by atoms with Crippen LogP contribution in [0.5, 0.6) is 11.9 Å². The molecule has 3 aromatic rings. The Labute approximate surface area is 130 Å². The maximum Gasteiger partial charge on any atom is 0.323 e. The van der Waals surface area contributed by atoms with Gasteiger partial charge in [0.15, 0.2) is 0 Å². The van der Waals surface area contributed by atoms with Gasteiger partial charge in [-0.2, -0.15) is 0 Å². The molecule has 0 bridgehead atoms. The predicted molar refractivity (Wildman–Crippen MR) is 79.6 cm³/mol. The molecule has 0 atom stereocenters. The Morgan fingerprint density at radius 3 is 2.29 bits per heavy atom. The zero-order chi connectivity index (χ0) is 14.7. The van der Waals surface area contributed by atoms with Crippen molar-refractivity contribution in [3.63, 3.8) is 0 Å². The topological polar surface area (TPSA) is 60.8 Å². The SMILES string of the molecule is Clc1ccc(-c2cccnc2Oc2ncc(Cl)cn2)nc1. The lowest BCUT2D eigenvalue weighted by molar-refractivity contribution is 0.426. The van der Waals surface area contributed by atoms with Crippen molar-refractivity contribution in [2.75, 3.05) is 0 Å². The molecule has 0 aliphatic rings. The van der Waals surface area contributed by atoms with E-state index in [1.807, 2.05) is 6.07 Å². The largest absolute Gasteiger partial charge is 0.404 e. The number of halogens is 2. The molecular formula is C14H8Cl2N4O. The lowest BCUT2D eigenvalue weighted by Gasteiger charge is -2.07. The van der Waals surface area contributed by atoms with Gasteiger partial charge in [0.1, 0.15) is 0 Å². The number of nitrogens with zero attached hydrogens (tertiary/aromatic N) is 4. The summed E-state index contributed by atoms with van der Waals surface area (Å²) in [6, 6.07) is 7.33. The second-order valence-electron chi connectivity index (χ2n) is 4.00. The first-order valence-electron chi connectivity index (χ1n) is 5.95. The smallest absolute Gasteiger partial charge is 0.323 e. The molecule has 5 nitrogen and oxygen atoms in total. The average molecular weight is 319 g/mol. The third-order valence-electron chi connectivity index (χ3n) is 2.56. The third kappa shape index (κ3) is 3.26. The van der Waals surface area contributed by atoms with Crippen LogP contribution in [0.25, 0.3) is 11.3 Å². The maximum absolute atomic E-state index is 5.84. The van der Waals surface area contributed by atoms with Crippen LogP contribution in [0.4, 0.5) is 0 Å². The molecule has 0 aliphatic carbocycles. The summed E-state index contributed by atoms with van der Waals surface area (Å²) >= 11 is 11.6. The normalized spacial score (nSPS) is 10.4. The van der Waals surface area contributed by atoms with Gasteiger partial charge in [0.2, 0.25) is 5.88 Å². The summed E-state index contributed by atoms with van der Waals surface area (Å²) in [6.07, 6.45) is 6.08. The number of ether oxygens (including phenoxy) is 1. The molecule has 0 unspecified atom stereocenters. The first-order chi connectivity index (χ1) is 10.2. The van der Waals surface area contributed by atoms with Crippen LogP contribution in [0, 0.1) is 0 Å². The minimum Gasteiger partial charge on any atom is -0.404 e. The summed E-state index contributed by atoms with van der Waals surface area (Å²) in [5.74, 6) is 0.356. The van der Waals surface area contributed by atoms with Crippen molar-refractivity contribution < 1.29 is 4.74 Å². The van der Waals surface area contributed by atoms with Gasteiger partial charge in [0.05, 0.1) is 33.7 Å². The van der Waals surface area contributed by atoms with Gasteiger partial charge in [-0.15, -0.1) is 0 Å². The highest BCUT2D eigenvalue weighted by molar-refractivity contribution is 6.30. The highest BCUT2D eigenvalue weighted by atomic mass is 35.5. The van der Waals surface area contributed by atoms with Gasteiger partial charge in [-0.3, -0.25) is 4.98 Å². The molecular weight excluding hydrogens is 311 g/mol. The molecule has 0 amide bonds. The molecule has 0 aromatic carbocycles. The molecule has 3 aromatic heterocycles. The lowest BCUT2D eigenvalue weighted by atomic mass is 10.2. The highest BCUT2D eigenvalue weighted by Crippen LogP contribution is 2.29. The van der Waals surface area contributed by atoms with E-state index in [1.165, 1.54) is 12.4 Å². The van der Waals surface area contributed by atoms with Crippen LogP contribution in [0.15, 0.2) is 49.1 Å². The van der Waals surface area contributed by atoms with E-state index in [1.54, 1.807) is 30.6 Å². The second-order valence-corrected chi connectivity index (χ2v) is 4.88. The van der Waals surface area contributed by atoms with E-state index in [0.29, 0.717) is 27.2 Å². The molecule has 0 spiro atoms. The molecule has 0 aliphatic heterocycles. The molecule has 0 fully saturated rings. The lowest BCUT2D eigenvalue weighted by Crippen LogP contribution is -1.96. The second kappa shape index (κ2) is 6.03. The predicted octanol–water partition coefficient (Wildman–Crippen LogP) is 4.03. The van der Waals surface area contributed by atoms with E-state index in [4.69, 9.17) is 27.9 Å². The zero-order valence-electron chi connectivity index (χ0n) is 10.6. The van der Waals surface area contributed by atoms with Crippen LogP contribution in [0.2, 0.25) is 10.0 Å². The number of pyridine rings is 2. The van der Waals surface area contributed by atoms with Crippen LogP contribution in [-0.2, 0) is 0 Å². The third-order valence-corrected chi connectivity index (χ3v) is 2.98. The minimum absolute atomic E-state index is 0.160. The first kappa shape index (κ1) is 13.7. The molecule has 0 N–H and O–H groups in total. The van der Waals surface area contributed by atoms with E-state index < -0.39 is 0 Å². The van der Waals surface area contributed by atoms with E-state index in [-0.39, 0.29) is 6.01 Å². The van der Waals surface area contributed by atoms with Crippen molar-refractivity contribution in [1.29, 1.82) is 0 Å². The Balaban J connectivity index is 1.96. The van der Waals surface area contributed by atoms with Crippen LogP contribution in [0.1, 0.15) is 0 Å². The van der Waals surface area contributed by atoms with Crippen LogP contribution in [0.3, 0.4) is 0 Å². The Morgan fingerprint density at radius 1 is 0.810 bits per heavy atom. The van der Waals surface area contributed by atoms with Crippen LogP contribution < -0.4 is 4.74 Å². The van der Waals surface area contributed by atoms with Crippen molar-refractivity contribution in [2.24, 2.45) is 0 Å². The van der Waals surface area contributed by atoms with Gasteiger partial charge in [-0.05, 0) is 24.3 Å². The molecule has 0 radical (unpaired) electrons. The van der Waals surface area contributed by atoms with Crippen molar-refractivity contribution in [2.45, 2.75) is 0 Å². The Morgan fingerprint density at radius 2 is 1.57 bits per heavy atom. The van der Waals surface area contributed by atoms with Gasteiger partial charge in [-0.25, -0.2) is 15.0 Å². The van der Waals surface area contributed by atoms with E-state index in [2.05, 4.69) is 19.9 Å². The number of aromatic nitrogens is 4. The molecule has 0 saturated carbocycles. The molecule has 0 saturated heterocycles. The summed E-state index contributed by atoms with van der Waals surface area (Å²) < 4.78 is 5.58. The van der Waals surface area contributed by atoms with Gasteiger partial charge in [-0.1, -0.05) is 23.2 Å². The van der Waals surface area contributed by atoms with Crippen molar-refractivity contribution in [3.05, 3.63) is 59.1 Å². The number of rotatable bonds is 3. The molecule has 3 heterocycles. The minimum atomic E-state index is 0.160.